The summed E-state index contributed by atoms with van der Waals surface area (Å²) >= 11 is 0. The number of carbonyl (C=O) groups excluding carboxylic acids is 1. The number of benzene rings is 1. The van der Waals surface area contributed by atoms with Crippen LogP contribution >= 0.6 is 0 Å². The van der Waals surface area contributed by atoms with Crippen molar-refractivity contribution in [1.82, 2.24) is 9.88 Å². The van der Waals surface area contributed by atoms with Crippen LogP contribution in [-0.4, -0.2) is 49.1 Å². The maximum absolute atomic E-state index is 14.7. The highest BCUT2D eigenvalue weighted by Crippen LogP contribution is 2.52. The van der Waals surface area contributed by atoms with Gasteiger partial charge in [-0.05, 0) is 58.0 Å². The number of carbonyl (C=O) groups is 1. The molecule has 3 atom stereocenters. The van der Waals surface area contributed by atoms with Gasteiger partial charge in [0.15, 0.2) is 28.8 Å². The zero-order valence-corrected chi connectivity index (χ0v) is 20.9. The SMILES string of the molecule is CCC1(CC)CN(c2nc(C(=O)Nc3cc(F)c(OC4CC5C[C@H]5C4)c(F)c3)c(CN(C)C)o2)C1. The number of aromatic nitrogens is 1. The van der Waals surface area contributed by atoms with Crippen molar-refractivity contribution in [2.24, 2.45) is 17.3 Å². The third kappa shape index (κ3) is 4.75. The van der Waals surface area contributed by atoms with Crippen LogP contribution in [0.4, 0.5) is 20.5 Å². The minimum Gasteiger partial charge on any atom is -0.484 e. The van der Waals surface area contributed by atoms with Crippen LogP contribution in [0, 0.1) is 28.9 Å². The number of hydrogen-bond donors (Lipinski definition) is 1. The van der Waals surface area contributed by atoms with Crippen molar-refractivity contribution in [1.29, 1.82) is 0 Å². The third-order valence-electron chi connectivity index (χ3n) is 7.93. The Kier molecular flexibility index (Phi) is 6.23. The molecule has 35 heavy (non-hydrogen) atoms. The lowest BCUT2D eigenvalue weighted by Gasteiger charge is -2.49. The molecule has 2 saturated carbocycles. The number of fused-ring (bicyclic) bond motifs is 1. The first-order valence-corrected chi connectivity index (χ1v) is 12.6. The highest BCUT2D eigenvalue weighted by Gasteiger charge is 2.47. The fraction of sp³-hybridized carbons (Fsp3) is 0.615. The lowest BCUT2D eigenvalue weighted by Crippen LogP contribution is -2.56. The Labute approximate surface area is 204 Å². The minimum absolute atomic E-state index is 0.00639. The van der Waals surface area contributed by atoms with Gasteiger partial charge in [-0.2, -0.15) is 4.98 Å². The summed E-state index contributed by atoms with van der Waals surface area (Å²) in [6, 6.07) is 2.58. The standard InChI is InChI=1S/C26H34F2N4O3/c1-5-26(6-2)13-32(14-26)25-30-22(21(35-25)12-31(3)4)24(33)29-17-10-19(27)23(20(28)11-17)34-18-8-15-7-16(15)9-18/h10-11,15-16,18H,5-9,12-14H2,1-4H3,(H,29,33)/t15-,16?,18?/m0/s1. The van der Waals surface area contributed by atoms with E-state index in [0.717, 1.165) is 50.9 Å². The van der Waals surface area contributed by atoms with Crippen molar-refractivity contribution in [3.8, 4) is 5.75 Å². The van der Waals surface area contributed by atoms with Gasteiger partial charge in [0, 0.05) is 36.3 Å². The molecule has 3 fully saturated rings. The Bertz CT molecular complexity index is 1070. The van der Waals surface area contributed by atoms with Crippen molar-refractivity contribution >= 4 is 17.6 Å². The van der Waals surface area contributed by atoms with Crippen LogP contribution in [0.3, 0.4) is 0 Å². The predicted octanol–water partition coefficient (Wildman–Crippen LogP) is 5.07. The molecular weight excluding hydrogens is 454 g/mol. The number of oxazole rings is 1. The second-order valence-electron chi connectivity index (χ2n) is 10.8. The summed E-state index contributed by atoms with van der Waals surface area (Å²) in [5.41, 5.74) is 0.369. The van der Waals surface area contributed by atoms with Gasteiger partial charge in [-0.15, -0.1) is 0 Å². The van der Waals surface area contributed by atoms with Crippen molar-refractivity contribution in [3.63, 3.8) is 0 Å². The van der Waals surface area contributed by atoms with E-state index in [-0.39, 0.29) is 28.6 Å². The molecule has 0 bridgehead atoms. The molecule has 2 aliphatic carbocycles. The van der Waals surface area contributed by atoms with Gasteiger partial charge in [0.25, 0.3) is 11.9 Å². The first-order valence-electron chi connectivity index (χ1n) is 12.6. The van der Waals surface area contributed by atoms with E-state index in [2.05, 4.69) is 24.1 Å². The van der Waals surface area contributed by atoms with Gasteiger partial charge in [0.2, 0.25) is 0 Å². The summed E-state index contributed by atoms with van der Waals surface area (Å²) in [4.78, 5) is 21.4. The Morgan fingerprint density at radius 1 is 1.17 bits per heavy atom. The van der Waals surface area contributed by atoms with Gasteiger partial charge in [0.05, 0.1) is 12.6 Å². The Morgan fingerprint density at radius 2 is 1.80 bits per heavy atom. The van der Waals surface area contributed by atoms with Crippen LogP contribution in [0.1, 0.15) is 62.2 Å². The highest BCUT2D eigenvalue weighted by molar-refractivity contribution is 6.03. The number of anilines is 2. The van der Waals surface area contributed by atoms with Crippen molar-refractivity contribution < 1.29 is 22.7 Å². The molecular formula is C26H34F2N4O3. The third-order valence-corrected chi connectivity index (χ3v) is 7.93. The van der Waals surface area contributed by atoms with E-state index in [4.69, 9.17) is 9.15 Å². The maximum atomic E-state index is 14.7. The summed E-state index contributed by atoms with van der Waals surface area (Å²) in [6.45, 7) is 6.37. The smallest absolute Gasteiger partial charge is 0.298 e. The average molecular weight is 489 g/mol. The first-order chi connectivity index (χ1) is 16.7. The van der Waals surface area contributed by atoms with E-state index < -0.39 is 17.5 Å². The molecule has 190 valence electrons. The molecule has 1 N–H and O–H groups in total. The van der Waals surface area contributed by atoms with Crippen LogP contribution in [0.2, 0.25) is 0 Å². The molecule has 2 unspecified atom stereocenters. The monoisotopic (exact) mass is 488 g/mol. The number of nitrogens with zero attached hydrogens (tertiary/aromatic N) is 3. The molecule has 1 saturated heterocycles. The molecule has 3 aliphatic rings. The van der Waals surface area contributed by atoms with Crippen LogP contribution < -0.4 is 15.0 Å². The number of rotatable bonds is 9. The number of hydrogen-bond acceptors (Lipinski definition) is 6. The van der Waals surface area contributed by atoms with Crippen LogP contribution in [0.5, 0.6) is 5.75 Å². The molecule has 1 aromatic heterocycles. The van der Waals surface area contributed by atoms with E-state index in [1.807, 2.05) is 23.9 Å². The summed E-state index contributed by atoms with van der Waals surface area (Å²) in [6.07, 6.45) is 4.88. The zero-order valence-electron chi connectivity index (χ0n) is 20.9. The molecule has 1 aliphatic heterocycles. The molecule has 9 heteroatoms. The molecule has 2 aromatic rings. The zero-order chi connectivity index (χ0) is 24.9. The van der Waals surface area contributed by atoms with Crippen LogP contribution in [-0.2, 0) is 6.54 Å². The Hall–Kier alpha value is -2.68. The molecule has 7 nitrogen and oxygen atoms in total. The summed E-state index contributed by atoms with van der Waals surface area (Å²) in [5.74, 6) is -0.904. The largest absolute Gasteiger partial charge is 0.484 e. The van der Waals surface area contributed by atoms with Gasteiger partial charge in [-0.25, -0.2) is 8.78 Å². The lowest BCUT2D eigenvalue weighted by atomic mass is 9.75. The Balaban J connectivity index is 1.31. The average Bonchev–Trinajstić information content (AvgIpc) is 3.18. The van der Waals surface area contributed by atoms with Crippen molar-refractivity contribution in [2.75, 3.05) is 37.4 Å². The molecule has 5 rings (SSSR count). The minimum atomic E-state index is -0.828. The van der Waals surface area contributed by atoms with Gasteiger partial charge in [-0.1, -0.05) is 13.8 Å². The molecule has 0 spiro atoms. The van der Waals surface area contributed by atoms with Gasteiger partial charge >= 0.3 is 0 Å². The second kappa shape index (κ2) is 9.08. The maximum Gasteiger partial charge on any atom is 0.298 e. The van der Waals surface area contributed by atoms with Crippen molar-refractivity contribution in [3.05, 3.63) is 35.2 Å². The first kappa shape index (κ1) is 24.0. The highest BCUT2D eigenvalue weighted by atomic mass is 19.1. The van der Waals surface area contributed by atoms with E-state index in [1.165, 1.54) is 6.42 Å². The van der Waals surface area contributed by atoms with E-state index in [1.54, 1.807) is 0 Å². The lowest BCUT2D eigenvalue weighted by molar-refractivity contribution is 0.102. The molecule has 0 radical (unpaired) electrons. The fourth-order valence-corrected chi connectivity index (χ4v) is 5.50. The second-order valence-corrected chi connectivity index (χ2v) is 10.8. The summed E-state index contributed by atoms with van der Waals surface area (Å²) in [7, 11) is 3.73. The van der Waals surface area contributed by atoms with Crippen LogP contribution in [0.25, 0.3) is 0 Å². The van der Waals surface area contributed by atoms with E-state index in [9.17, 15) is 13.6 Å². The predicted molar refractivity (Wildman–Crippen MR) is 129 cm³/mol. The fourth-order valence-electron chi connectivity index (χ4n) is 5.50. The summed E-state index contributed by atoms with van der Waals surface area (Å²) < 4.78 is 41.0. The van der Waals surface area contributed by atoms with Crippen LogP contribution in [0.15, 0.2) is 16.5 Å². The van der Waals surface area contributed by atoms with E-state index >= 15 is 0 Å². The molecule has 1 aromatic carbocycles. The quantitative estimate of drug-likeness (QED) is 0.531. The number of halogens is 2. The van der Waals surface area contributed by atoms with Gasteiger partial charge in [0.1, 0.15) is 0 Å². The number of ether oxygens (including phenoxy) is 1. The molecule has 1 amide bonds. The van der Waals surface area contributed by atoms with Gasteiger partial charge < -0.3 is 24.3 Å². The topological polar surface area (TPSA) is 70.8 Å². The normalized spacial score (nSPS) is 24.3. The molecule has 2 heterocycles. The van der Waals surface area contributed by atoms with E-state index in [0.29, 0.717) is 30.2 Å². The van der Waals surface area contributed by atoms with Gasteiger partial charge in [-0.3, -0.25) is 4.79 Å². The Morgan fingerprint density at radius 3 is 2.37 bits per heavy atom. The van der Waals surface area contributed by atoms with Crippen molar-refractivity contribution in [2.45, 2.75) is 58.6 Å². The number of amides is 1. The summed E-state index contributed by atoms with van der Waals surface area (Å²) in [5, 5.41) is 2.58. The number of nitrogens with one attached hydrogen (secondary N) is 1.